The molecule has 0 aromatic carbocycles. The van der Waals surface area contributed by atoms with E-state index in [1.807, 2.05) is 22.9 Å². The van der Waals surface area contributed by atoms with Gasteiger partial charge in [-0.25, -0.2) is 18.7 Å². The number of hydrogen-bond donors (Lipinski definition) is 0. The van der Waals surface area contributed by atoms with Crippen LogP contribution in [0.3, 0.4) is 0 Å². The summed E-state index contributed by atoms with van der Waals surface area (Å²) in [5.74, 6) is -0.929. The van der Waals surface area contributed by atoms with E-state index in [9.17, 15) is 13.6 Å². The Morgan fingerprint density at radius 3 is 2.41 bits per heavy atom. The van der Waals surface area contributed by atoms with Crippen LogP contribution in [0.2, 0.25) is 0 Å². The first-order valence-corrected chi connectivity index (χ1v) is 10.2. The molecule has 0 atom stereocenters. The van der Waals surface area contributed by atoms with Crippen LogP contribution in [0.5, 0.6) is 0 Å². The van der Waals surface area contributed by atoms with E-state index in [-0.39, 0.29) is 24.8 Å². The SMILES string of the molecule is CN(CC(=O)N1CCOCC1)C1CN(c2cc(N3CCC(F)(F)CC3)ncn2)C1. The minimum absolute atomic E-state index is 0.139. The molecule has 3 fully saturated rings. The molecule has 1 aromatic heterocycles. The lowest BCUT2D eigenvalue weighted by molar-refractivity contribution is -0.136. The van der Waals surface area contributed by atoms with Gasteiger partial charge in [-0.05, 0) is 7.05 Å². The monoisotopic (exact) mass is 410 g/mol. The maximum absolute atomic E-state index is 13.4. The second-order valence-corrected chi connectivity index (χ2v) is 8.04. The van der Waals surface area contributed by atoms with Crippen molar-refractivity contribution in [3.05, 3.63) is 12.4 Å². The zero-order valence-electron chi connectivity index (χ0n) is 16.8. The minimum Gasteiger partial charge on any atom is -0.378 e. The first kappa shape index (κ1) is 20.2. The zero-order chi connectivity index (χ0) is 20.4. The lowest BCUT2D eigenvalue weighted by atomic mass is 10.1. The van der Waals surface area contributed by atoms with E-state index < -0.39 is 5.92 Å². The topological polar surface area (TPSA) is 65.0 Å². The maximum atomic E-state index is 13.4. The Labute approximate surface area is 169 Å². The summed E-state index contributed by atoms with van der Waals surface area (Å²) >= 11 is 0. The van der Waals surface area contributed by atoms with Crippen molar-refractivity contribution < 1.29 is 18.3 Å². The number of rotatable bonds is 5. The van der Waals surface area contributed by atoms with Crippen LogP contribution in [0.15, 0.2) is 12.4 Å². The van der Waals surface area contributed by atoms with Gasteiger partial charge in [0.15, 0.2) is 0 Å². The van der Waals surface area contributed by atoms with E-state index in [0.29, 0.717) is 51.8 Å². The van der Waals surface area contributed by atoms with Crippen molar-refractivity contribution in [3.63, 3.8) is 0 Å². The average Bonchev–Trinajstić information content (AvgIpc) is 2.68. The quantitative estimate of drug-likeness (QED) is 0.708. The molecule has 0 radical (unpaired) electrons. The highest BCUT2D eigenvalue weighted by molar-refractivity contribution is 5.78. The second kappa shape index (κ2) is 8.35. The van der Waals surface area contributed by atoms with Crippen molar-refractivity contribution in [2.45, 2.75) is 24.8 Å². The van der Waals surface area contributed by atoms with E-state index in [2.05, 4.69) is 19.8 Å². The number of aromatic nitrogens is 2. The normalized spacial score (nSPS) is 22.7. The number of anilines is 2. The number of carbonyl (C=O) groups is 1. The Bertz CT molecular complexity index is 714. The summed E-state index contributed by atoms with van der Waals surface area (Å²) in [6, 6.07) is 2.16. The summed E-state index contributed by atoms with van der Waals surface area (Å²) in [6.45, 7) is 5.11. The Morgan fingerprint density at radius 2 is 1.76 bits per heavy atom. The highest BCUT2D eigenvalue weighted by Gasteiger charge is 2.35. The van der Waals surface area contributed by atoms with Gasteiger partial charge >= 0.3 is 0 Å². The fourth-order valence-corrected chi connectivity index (χ4v) is 3.92. The van der Waals surface area contributed by atoms with Gasteiger partial charge in [-0.3, -0.25) is 9.69 Å². The van der Waals surface area contributed by atoms with Crippen LogP contribution in [-0.2, 0) is 9.53 Å². The molecule has 29 heavy (non-hydrogen) atoms. The molecule has 1 amide bonds. The summed E-state index contributed by atoms with van der Waals surface area (Å²) < 4.78 is 32.1. The number of piperidine rings is 1. The standard InChI is InChI=1S/C19H28F2N6O2/c1-24(13-18(28)26-6-8-29-9-7-26)15-11-27(12-15)17-10-16(22-14-23-17)25-4-2-19(20,21)3-5-25/h10,14-15H,2-9,11-13H2,1H3. The van der Waals surface area contributed by atoms with Crippen LogP contribution in [0.4, 0.5) is 20.4 Å². The van der Waals surface area contributed by atoms with Gasteiger partial charge in [-0.2, -0.15) is 0 Å². The molecule has 4 heterocycles. The number of halogens is 2. The molecule has 0 bridgehead atoms. The van der Waals surface area contributed by atoms with E-state index in [1.54, 1.807) is 0 Å². The molecule has 160 valence electrons. The summed E-state index contributed by atoms with van der Waals surface area (Å²) in [6.07, 6.45) is 1.22. The van der Waals surface area contributed by atoms with Gasteiger partial charge in [-0.15, -0.1) is 0 Å². The van der Waals surface area contributed by atoms with Gasteiger partial charge < -0.3 is 19.4 Å². The lowest BCUT2D eigenvalue weighted by Gasteiger charge is -2.45. The molecule has 0 aliphatic carbocycles. The van der Waals surface area contributed by atoms with Crippen molar-refractivity contribution >= 4 is 17.5 Å². The molecule has 3 aliphatic rings. The summed E-state index contributed by atoms with van der Waals surface area (Å²) in [5, 5.41) is 0. The molecule has 3 saturated heterocycles. The average molecular weight is 410 g/mol. The van der Waals surface area contributed by atoms with Crippen LogP contribution in [0.1, 0.15) is 12.8 Å². The van der Waals surface area contributed by atoms with Crippen molar-refractivity contribution in [2.24, 2.45) is 0 Å². The maximum Gasteiger partial charge on any atom is 0.251 e. The molecule has 0 spiro atoms. The van der Waals surface area contributed by atoms with Gasteiger partial charge in [-0.1, -0.05) is 0 Å². The van der Waals surface area contributed by atoms with Gasteiger partial charge in [0.2, 0.25) is 5.91 Å². The minimum atomic E-state index is -2.57. The highest BCUT2D eigenvalue weighted by atomic mass is 19.3. The predicted molar refractivity (Wildman–Crippen MR) is 104 cm³/mol. The molecule has 0 N–H and O–H groups in total. The Morgan fingerprint density at radius 1 is 1.14 bits per heavy atom. The molecule has 10 heteroatoms. The molecular formula is C19H28F2N6O2. The second-order valence-electron chi connectivity index (χ2n) is 8.04. The largest absolute Gasteiger partial charge is 0.378 e. The van der Waals surface area contributed by atoms with Crippen LogP contribution in [-0.4, -0.2) is 104 Å². The van der Waals surface area contributed by atoms with Crippen LogP contribution in [0, 0.1) is 0 Å². The highest BCUT2D eigenvalue weighted by Crippen LogP contribution is 2.31. The number of carbonyl (C=O) groups excluding carboxylic acids is 1. The molecule has 0 saturated carbocycles. The number of alkyl halides is 2. The Hall–Kier alpha value is -2.07. The number of hydrogen-bond acceptors (Lipinski definition) is 7. The molecule has 3 aliphatic heterocycles. The zero-order valence-corrected chi connectivity index (χ0v) is 16.8. The van der Waals surface area contributed by atoms with Gasteiger partial charge in [0.05, 0.1) is 19.8 Å². The van der Waals surface area contributed by atoms with E-state index in [0.717, 1.165) is 18.9 Å². The number of ether oxygens (including phenoxy) is 1. The molecule has 0 unspecified atom stereocenters. The number of nitrogens with zero attached hydrogens (tertiary/aromatic N) is 6. The molecule has 1 aromatic rings. The first-order valence-electron chi connectivity index (χ1n) is 10.2. The number of morpholine rings is 1. The fraction of sp³-hybridized carbons (Fsp3) is 0.737. The number of likely N-dealkylation sites (N-methyl/N-ethyl adjacent to an activating group) is 1. The third kappa shape index (κ3) is 4.75. The van der Waals surface area contributed by atoms with Crippen LogP contribution < -0.4 is 9.80 Å². The molecule has 4 rings (SSSR count). The van der Waals surface area contributed by atoms with E-state index in [4.69, 9.17) is 4.74 Å². The van der Waals surface area contributed by atoms with Crippen molar-refractivity contribution in [3.8, 4) is 0 Å². The first-order chi connectivity index (χ1) is 13.9. The summed E-state index contributed by atoms with van der Waals surface area (Å²) in [4.78, 5) is 29.0. The van der Waals surface area contributed by atoms with Gasteiger partial charge in [0.1, 0.15) is 18.0 Å². The van der Waals surface area contributed by atoms with Crippen LogP contribution >= 0.6 is 0 Å². The van der Waals surface area contributed by atoms with Crippen molar-refractivity contribution in [2.75, 3.05) is 75.9 Å². The molecular weight excluding hydrogens is 382 g/mol. The smallest absolute Gasteiger partial charge is 0.251 e. The lowest BCUT2D eigenvalue weighted by Crippen LogP contribution is -2.60. The predicted octanol–water partition coefficient (Wildman–Crippen LogP) is 0.691. The number of amides is 1. The fourth-order valence-electron chi connectivity index (χ4n) is 3.92. The Balaban J connectivity index is 1.28. The Kier molecular flexibility index (Phi) is 5.82. The van der Waals surface area contributed by atoms with Crippen molar-refractivity contribution in [1.82, 2.24) is 19.8 Å². The summed E-state index contributed by atoms with van der Waals surface area (Å²) in [7, 11) is 1.97. The van der Waals surface area contributed by atoms with Gasteiger partial charge in [0, 0.05) is 64.2 Å². The van der Waals surface area contributed by atoms with E-state index >= 15 is 0 Å². The third-order valence-corrected chi connectivity index (χ3v) is 6.02. The van der Waals surface area contributed by atoms with E-state index in [1.165, 1.54) is 6.33 Å². The third-order valence-electron chi connectivity index (χ3n) is 6.02. The summed E-state index contributed by atoms with van der Waals surface area (Å²) in [5.41, 5.74) is 0. The van der Waals surface area contributed by atoms with Crippen molar-refractivity contribution in [1.29, 1.82) is 0 Å². The van der Waals surface area contributed by atoms with Gasteiger partial charge in [0.25, 0.3) is 5.92 Å². The molecule has 8 nitrogen and oxygen atoms in total. The van der Waals surface area contributed by atoms with Crippen LogP contribution in [0.25, 0.3) is 0 Å².